The quantitative estimate of drug-likeness (QED) is 0.217. The summed E-state index contributed by atoms with van der Waals surface area (Å²) in [6.07, 6.45) is 4.00. The van der Waals surface area contributed by atoms with Crippen molar-refractivity contribution in [2.24, 2.45) is 5.92 Å². The van der Waals surface area contributed by atoms with Gasteiger partial charge in [0.05, 0.1) is 43.7 Å². The van der Waals surface area contributed by atoms with Gasteiger partial charge >= 0.3 is 0 Å². The number of hydrogen-bond acceptors (Lipinski definition) is 8. The first-order valence-corrected chi connectivity index (χ1v) is 17.9. The molecule has 4 aliphatic rings. The van der Waals surface area contributed by atoms with Crippen molar-refractivity contribution in [2.75, 3.05) is 37.7 Å². The monoisotopic (exact) mass is 721 g/mol. The first-order chi connectivity index (χ1) is 22.2. The number of benzene rings is 2. The zero-order chi connectivity index (χ0) is 32.1. The van der Waals surface area contributed by atoms with Crippen molar-refractivity contribution in [1.29, 1.82) is 0 Å². The lowest BCUT2D eigenvalue weighted by atomic mass is 9.86. The van der Waals surface area contributed by atoms with Crippen molar-refractivity contribution in [3.05, 3.63) is 78.2 Å². The summed E-state index contributed by atoms with van der Waals surface area (Å²) in [5.74, 6) is 0.792. The second-order valence-electron chi connectivity index (χ2n) is 12.6. The molecule has 0 radical (unpaired) electrons. The maximum absolute atomic E-state index is 14.5. The molecule has 3 fully saturated rings. The van der Waals surface area contributed by atoms with Gasteiger partial charge in [0, 0.05) is 62.5 Å². The van der Waals surface area contributed by atoms with Crippen LogP contribution in [0, 0.1) is 5.92 Å². The van der Waals surface area contributed by atoms with Crippen molar-refractivity contribution >= 4 is 74.4 Å². The minimum atomic E-state index is -0.663. The van der Waals surface area contributed by atoms with Crippen LogP contribution in [0.15, 0.2) is 42.1 Å². The molecule has 8 nitrogen and oxygen atoms in total. The van der Waals surface area contributed by atoms with Crippen LogP contribution >= 0.6 is 57.7 Å². The molecule has 7 rings (SSSR count). The molecule has 0 spiro atoms. The minimum Gasteiger partial charge on any atom is -0.490 e. The average Bonchev–Trinajstić information content (AvgIpc) is 3.73. The van der Waals surface area contributed by atoms with Crippen LogP contribution in [0.3, 0.4) is 0 Å². The number of amides is 1. The summed E-state index contributed by atoms with van der Waals surface area (Å²) < 4.78 is 6.01. The summed E-state index contributed by atoms with van der Waals surface area (Å²) in [5.41, 5.74) is 3.43. The van der Waals surface area contributed by atoms with Crippen LogP contribution in [-0.2, 0) is 11.3 Å². The van der Waals surface area contributed by atoms with E-state index in [9.17, 15) is 9.90 Å². The number of halogens is 4. The van der Waals surface area contributed by atoms with E-state index >= 15 is 0 Å². The highest BCUT2D eigenvalue weighted by atomic mass is 35.5. The Balaban J connectivity index is 1.07. The number of rotatable bonds is 10. The van der Waals surface area contributed by atoms with Crippen LogP contribution in [0.4, 0.5) is 5.13 Å². The number of piperazine rings is 1. The molecule has 3 N–H and O–H groups in total. The van der Waals surface area contributed by atoms with Crippen molar-refractivity contribution in [1.82, 2.24) is 20.5 Å². The van der Waals surface area contributed by atoms with Crippen molar-refractivity contribution < 1.29 is 14.6 Å². The zero-order valence-electron chi connectivity index (χ0n) is 25.2. The van der Waals surface area contributed by atoms with E-state index in [-0.39, 0.29) is 24.0 Å². The number of carbonyl (C=O) groups excluding carboxylic acids is 1. The van der Waals surface area contributed by atoms with Crippen molar-refractivity contribution in [3.63, 3.8) is 0 Å². The predicted octanol–water partition coefficient (Wildman–Crippen LogP) is 6.60. The Kier molecular flexibility index (Phi) is 9.48. The van der Waals surface area contributed by atoms with Crippen LogP contribution in [0.2, 0.25) is 20.1 Å². The van der Waals surface area contributed by atoms with Gasteiger partial charge in [-0.1, -0.05) is 69.9 Å². The average molecular weight is 724 g/mol. The maximum atomic E-state index is 14.5. The Hall–Kier alpha value is -2.08. The topological polar surface area (TPSA) is 90.0 Å². The van der Waals surface area contributed by atoms with E-state index in [1.54, 1.807) is 36.5 Å². The number of aliphatic hydroxyl groups is 1. The van der Waals surface area contributed by atoms with Gasteiger partial charge in [-0.15, -0.1) is 0 Å². The minimum absolute atomic E-state index is 0.0584. The number of hydrogen-bond donors (Lipinski definition) is 3. The lowest BCUT2D eigenvalue weighted by Crippen LogP contribution is -2.59. The molecule has 4 heterocycles. The molecule has 0 unspecified atom stereocenters. The highest BCUT2D eigenvalue weighted by Gasteiger charge is 2.42. The van der Waals surface area contributed by atoms with Gasteiger partial charge in [-0.25, -0.2) is 4.98 Å². The fourth-order valence-electron chi connectivity index (χ4n) is 6.50. The molecule has 3 atom stereocenters. The largest absolute Gasteiger partial charge is 0.490 e. The molecule has 3 aromatic rings. The normalized spacial score (nSPS) is 22.1. The van der Waals surface area contributed by atoms with Crippen molar-refractivity contribution in [3.8, 4) is 5.75 Å². The number of nitrogens with zero attached hydrogens (tertiary/aromatic N) is 3. The SMILES string of the molecule is C[C@@H](O)c1cc(Cl)c(OCC2CN(c3ncc(C4=C(C(=O)N(Cc5cccc(Cl)c5Cl)C5CC5)[C@@H]5CNC[C@H](C4)N5)s3)C2)c(Cl)c1. The number of carbonyl (C=O) groups is 1. The van der Waals surface area contributed by atoms with Crippen LogP contribution in [-0.4, -0.2) is 71.8 Å². The van der Waals surface area contributed by atoms with Gasteiger partial charge in [-0.05, 0) is 61.1 Å². The number of aromatic nitrogens is 1. The van der Waals surface area contributed by atoms with E-state index in [0.717, 1.165) is 65.6 Å². The van der Waals surface area contributed by atoms with Crippen LogP contribution < -0.4 is 20.3 Å². The first-order valence-electron chi connectivity index (χ1n) is 15.6. The van der Waals surface area contributed by atoms with Crippen LogP contribution in [0.25, 0.3) is 5.57 Å². The first kappa shape index (κ1) is 32.5. The smallest absolute Gasteiger partial charge is 0.252 e. The van der Waals surface area contributed by atoms with Gasteiger partial charge in [0.2, 0.25) is 0 Å². The number of fused-ring (bicyclic) bond motifs is 2. The van der Waals surface area contributed by atoms with Gasteiger partial charge in [0.1, 0.15) is 0 Å². The molecular formula is C33H35Cl4N5O3S. The Bertz CT molecular complexity index is 1650. The molecule has 1 aliphatic carbocycles. The molecule has 2 saturated heterocycles. The molecule has 1 aromatic heterocycles. The fraction of sp³-hybridized carbons (Fsp3) is 0.455. The third-order valence-electron chi connectivity index (χ3n) is 9.14. The summed E-state index contributed by atoms with van der Waals surface area (Å²) in [4.78, 5) is 24.5. The van der Waals surface area contributed by atoms with Crippen LogP contribution in [0.1, 0.15) is 48.3 Å². The maximum Gasteiger partial charge on any atom is 0.252 e. The van der Waals surface area contributed by atoms with Gasteiger partial charge in [-0.2, -0.15) is 0 Å². The summed E-state index contributed by atoms with van der Waals surface area (Å²) in [7, 11) is 0. The number of nitrogens with one attached hydrogen (secondary N) is 2. The fourth-order valence-corrected chi connectivity index (χ4v) is 8.50. The Morgan fingerprint density at radius 1 is 1.15 bits per heavy atom. The predicted molar refractivity (Wildman–Crippen MR) is 186 cm³/mol. The molecule has 2 aromatic carbocycles. The molecule has 1 saturated carbocycles. The lowest BCUT2D eigenvalue weighted by molar-refractivity contribution is -0.128. The second-order valence-corrected chi connectivity index (χ2v) is 15.2. The third-order valence-corrected chi connectivity index (χ3v) is 11.7. The molecule has 46 heavy (non-hydrogen) atoms. The third kappa shape index (κ3) is 6.63. The van der Waals surface area contributed by atoms with Crippen LogP contribution in [0.5, 0.6) is 5.75 Å². The highest BCUT2D eigenvalue weighted by molar-refractivity contribution is 7.16. The lowest BCUT2D eigenvalue weighted by Gasteiger charge is -2.40. The Morgan fingerprint density at radius 2 is 1.91 bits per heavy atom. The van der Waals surface area contributed by atoms with Gasteiger partial charge in [-0.3, -0.25) is 4.79 Å². The standard InChI is InChI=1S/C33H35Cl4N5O3S/c1-17(43)20-7-25(35)31(26(36)8-20)45-16-18-13-41(14-18)33-39-12-28(46-33)23-9-21-10-38-11-27(40-21)29(23)32(44)42(22-5-6-22)15-19-3-2-4-24(34)30(19)37/h2-4,7-8,12,17-18,21-22,27,38,40,43H,5-6,9-11,13-16H2,1H3/t17-,21+,27+/m1/s1. The summed E-state index contributed by atoms with van der Waals surface area (Å²) in [5, 5.41) is 19.8. The molecular weight excluding hydrogens is 688 g/mol. The Labute approximate surface area is 292 Å². The molecule has 244 valence electrons. The number of ether oxygens (including phenoxy) is 1. The van der Waals surface area contributed by atoms with E-state index in [4.69, 9.17) is 56.1 Å². The van der Waals surface area contributed by atoms with E-state index in [1.807, 2.05) is 23.2 Å². The molecule has 13 heteroatoms. The molecule has 2 bridgehead atoms. The van der Waals surface area contributed by atoms with Crippen molar-refractivity contribution in [2.45, 2.75) is 57.0 Å². The van der Waals surface area contributed by atoms with E-state index in [2.05, 4.69) is 15.5 Å². The summed E-state index contributed by atoms with van der Waals surface area (Å²) in [6, 6.07) is 9.35. The molecule has 3 aliphatic heterocycles. The van der Waals surface area contributed by atoms with E-state index < -0.39 is 6.10 Å². The van der Waals surface area contributed by atoms with Gasteiger partial charge in [0.15, 0.2) is 10.9 Å². The molecule has 1 amide bonds. The summed E-state index contributed by atoms with van der Waals surface area (Å²) >= 11 is 27.3. The van der Waals surface area contributed by atoms with E-state index in [1.165, 1.54) is 0 Å². The number of aliphatic hydroxyl groups excluding tert-OH is 1. The van der Waals surface area contributed by atoms with Gasteiger partial charge in [0.25, 0.3) is 5.91 Å². The number of thiazole rings is 1. The van der Waals surface area contributed by atoms with E-state index in [0.29, 0.717) is 57.0 Å². The second kappa shape index (κ2) is 13.4. The Morgan fingerprint density at radius 3 is 2.63 bits per heavy atom. The number of anilines is 1. The summed E-state index contributed by atoms with van der Waals surface area (Å²) in [6.45, 7) is 5.72. The van der Waals surface area contributed by atoms with Gasteiger partial charge < -0.3 is 30.3 Å². The zero-order valence-corrected chi connectivity index (χ0v) is 29.1. The highest BCUT2D eigenvalue weighted by Crippen LogP contribution is 2.41.